The number of guanidine groups is 1. The molecular weight excluding hydrogens is 386 g/mol. The summed E-state index contributed by atoms with van der Waals surface area (Å²) in [6.45, 7) is 5.37. The van der Waals surface area contributed by atoms with E-state index in [9.17, 15) is 8.42 Å². The standard InChI is InChI=1S/C22H31N3O3S/c1-16(19-7-9-20(28-4)10-8-19)12-13-24-22(23-3)25-15-18-6-11-21(17(2)14-18)29(5,26)27/h6-11,14,16H,12-13,15H2,1-5H3,(H2,23,24,25). The summed E-state index contributed by atoms with van der Waals surface area (Å²) in [6.07, 6.45) is 2.20. The van der Waals surface area contributed by atoms with Gasteiger partial charge in [-0.3, -0.25) is 4.99 Å². The molecule has 0 fully saturated rings. The van der Waals surface area contributed by atoms with Gasteiger partial charge in [-0.25, -0.2) is 8.42 Å². The number of nitrogens with zero attached hydrogens (tertiary/aromatic N) is 1. The fraction of sp³-hybridized carbons (Fsp3) is 0.409. The Balaban J connectivity index is 1.84. The summed E-state index contributed by atoms with van der Waals surface area (Å²) in [5.41, 5.74) is 3.03. The van der Waals surface area contributed by atoms with E-state index in [1.165, 1.54) is 11.8 Å². The molecule has 7 heteroatoms. The van der Waals surface area contributed by atoms with Crippen molar-refractivity contribution in [2.45, 2.75) is 37.6 Å². The average molecular weight is 418 g/mol. The summed E-state index contributed by atoms with van der Waals surface area (Å²) in [6, 6.07) is 13.5. The van der Waals surface area contributed by atoms with Gasteiger partial charge in [-0.2, -0.15) is 0 Å². The largest absolute Gasteiger partial charge is 0.497 e. The Bertz CT molecular complexity index is 938. The minimum Gasteiger partial charge on any atom is -0.497 e. The molecule has 0 aliphatic rings. The van der Waals surface area contributed by atoms with Gasteiger partial charge in [-0.1, -0.05) is 31.2 Å². The van der Waals surface area contributed by atoms with Crippen molar-refractivity contribution in [3.05, 3.63) is 59.2 Å². The van der Waals surface area contributed by atoms with Crippen LogP contribution in [0.1, 0.15) is 36.0 Å². The molecule has 0 saturated carbocycles. The van der Waals surface area contributed by atoms with Gasteiger partial charge < -0.3 is 15.4 Å². The number of aliphatic imine (C=N–C) groups is 1. The van der Waals surface area contributed by atoms with Crippen LogP contribution >= 0.6 is 0 Å². The minimum atomic E-state index is -3.20. The van der Waals surface area contributed by atoms with Gasteiger partial charge in [-0.05, 0) is 54.2 Å². The maximum Gasteiger partial charge on any atom is 0.191 e. The normalized spacial score (nSPS) is 13.1. The second-order valence-corrected chi connectivity index (χ2v) is 9.17. The Morgan fingerprint density at radius 1 is 1.14 bits per heavy atom. The predicted molar refractivity (Wildman–Crippen MR) is 119 cm³/mol. The molecule has 158 valence electrons. The lowest BCUT2D eigenvalue weighted by Crippen LogP contribution is -2.37. The number of aryl methyl sites for hydroxylation is 1. The van der Waals surface area contributed by atoms with E-state index in [4.69, 9.17) is 4.74 Å². The van der Waals surface area contributed by atoms with Gasteiger partial charge >= 0.3 is 0 Å². The van der Waals surface area contributed by atoms with Crippen molar-refractivity contribution in [2.24, 2.45) is 4.99 Å². The smallest absolute Gasteiger partial charge is 0.191 e. The molecule has 0 aliphatic heterocycles. The minimum absolute atomic E-state index is 0.372. The Hall–Kier alpha value is -2.54. The lowest BCUT2D eigenvalue weighted by molar-refractivity contribution is 0.414. The van der Waals surface area contributed by atoms with Crippen molar-refractivity contribution in [3.63, 3.8) is 0 Å². The molecule has 1 unspecified atom stereocenters. The Labute approximate surface area is 174 Å². The maximum atomic E-state index is 11.7. The van der Waals surface area contributed by atoms with E-state index < -0.39 is 9.84 Å². The second kappa shape index (κ2) is 10.3. The van der Waals surface area contributed by atoms with Crippen LogP contribution in [0.15, 0.2) is 52.4 Å². The zero-order chi connectivity index (χ0) is 21.4. The summed E-state index contributed by atoms with van der Waals surface area (Å²) < 4.78 is 28.7. The molecule has 29 heavy (non-hydrogen) atoms. The zero-order valence-corrected chi connectivity index (χ0v) is 18.6. The molecule has 0 aromatic heterocycles. The van der Waals surface area contributed by atoms with Gasteiger partial charge in [0, 0.05) is 26.4 Å². The van der Waals surface area contributed by atoms with E-state index in [0.717, 1.165) is 35.8 Å². The monoisotopic (exact) mass is 417 g/mol. The molecule has 2 aromatic rings. The first-order valence-electron chi connectivity index (χ1n) is 9.62. The molecule has 2 aromatic carbocycles. The highest BCUT2D eigenvalue weighted by molar-refractivity contribution is 7.90. The van der Waals surface area contributed by atoms with E-state index in [1.807, 2.05) is 31.2 Å². The quantitative estimate of drug-likeness (QED) is 0.509. The van der Waals surface area contributed by atoms with Gasteiger partial charge in [0.2, 0.25) is 0 Å². The number of methoxy groups -OCH3 is 1. The molecule has 1 atom stereocenters. The van der Waals surface area contributed by atoms with E-state index in [2.05, 4.69) is 34.7 Å². The fourth-order valence-corrected chi connectivity index (χ4v) is 4.11. The number of sulfone groups is 1. The molecule has 2 N–H and O–H groups in total. The summed E-state index contributed by atoms with van der Waals surface area (Å²) in [5.74, 6) is 2.00. The Kier molecular flexibility index (Phi) is 8.08. The third-order valence-electron chi connectivity index (χ3n) is 4.88. The third kappa shape index (κ3) is 6.78. The van der Waals surface area contributed by atoms with E-state index in [-0.39, 0.29) is 0 Å². The van der Waals surface area contributed by atoms with Crippen LogP contribution in [0, 0.1) is 6.92 Å². The number of hydrogen-bond donors (Lipinski definition) is 2. The van der Waals surface area contributed by atoms with Crippen LogP contribution in [0.3, 0.4) is 0 Å². The van der Waals surface area contributed by atoms with Crippen molar-refractivity contribution >= 4 is 15.8 Å². The third-order valence-corrected chi connectivity index (χ3v) is 6.13. The van der Waals surface area contributed by atoms with Crippen LogP contribution in [-0.4, -0.2) is 41.3 Å². The predicted octanol–water partition coefficient (Wildman–Crippen LogP) is 3.27. The molecule has 0 aliphatic carbocycles. The first-order chi connectivity index (χ1) is 13.7. The van der Waals surface area contributed by atoms with Gasteiger partial charge in [0.05, 0.1) is 12.0 Å². The lowest BCUT2D eigenvalue weighted by Gasteiger charge is -2.16. The van der Waals surface area contributed by atoms with Gasteiger partial charge in [0.25, 0.3) is 0 Å². The fourth-order valence-electron chi connectivity index (χ4n) is 3.15. The summed E-state index contributed by atoms with van der Waals surface area (Å²) in [7, 11) is 0.209. The van der Waals surface area contributed by atoms with Crippen molar-refractivity contribution in [2.75, 3.05) is 27.0 Å². The topological polar surface area (TPSA) is 79.8 Å². The molecule has 0 radical (unpaired) electrons. The highest BCUT2D eigenvalue weighted by Gasteiger charge is 2.11. The molecule has 0 saturated heterocycles. The van der Waals surface area contributed by atoms with Crippen LogP contribution in [0.4, 0.5) is 0 Å². The molecule has 6 nitrogen and oxygen atoms in total. The first kappa shape index (κ1) is 22.7. The van der Waals surface area contributed by atoms with E-state index >= 15 is 0 Å². The van der Waals surface area contributed by atoms with Crippen LogP contribution in [0.5, 0.6) is 5.75 Å². The number of ether oxygens (including phenoxy) is 1. The van der Waals surface area contributed by atoms with Crippen LogP contribution in [-0.2, 0) is 16.4 Å². The van der Waals surface area contributed by atoms with Crippen LogP contribution in [0.25, 0.3) is 0 Å². The molecule has 2 rings (SSSR count). The molecule has 0 heterocycles. The number of rotatable bonds is 8. The van der Waals surface area contributed by atoms with Crippen molar-refractivity contribution < 1.29 is 13.2 Å². The molecule has 0 spiro atoms. The first-order valence-corrected chi connectivity index (χ1v) is 11.5. The number of nitrogens with one attached hydrogen (secondary N) is 2. The van der Waals surface area contributed by atoms with E-state index in [0.29, 0.717) is 17.4 Å². The molecule has 0 bridgehead atoms. The summed E-state index contributed by atoms with van der Waals surface area (Å²) in [4.78, 5) is 4.63. The van der Waals surface area contributed by atoms with Crippen molar-refractivity contribution in [3.8, 4) is 5.75 Å². The highest BCUT2D eigenvalue weighted by Crippen LogP contribution is 2.21. The van der Waals surface area contributed by atoms with Crippen LogP contribution < -0.4 is 15.4 Å². The maximum absolute atomic E-state index is 11.7. The van der Waals surface area contributed by atoms with Crippen molar-refractivity contribution in [1.29, 1.82) is 0 Å². The molecule has 0 amide bonds. The SMILES string of the molecule is CN=C(NCCC(C)c1ccc(OC)cc1)NCc1ccc(S(C)(=O)=O)c(C)c1. The highest BCUT2D eigenvalue weighted by atomic mass is 32.2. The van der Waals surface area contributed by atoms with Gasteiger partial charge in [-0.15, -0.1) is 0 Å². The summed E-state index contributed by atoms with van der Waals surface area (Å²) in [5, 5.41) is 6.60. The van der Waals surface area contributed by atoms with Gasteiger partial charge in [0.15, 0.2) is 15.8 Å². The zero-order valence-electron chi connectivity index (χ0n) is 17.8. The Morgan fingerprint density at radius 3 is 2.38 bits per heavy atom. The second-order valence-electron chi connectivity index (χ2n) is 7.19. The van der Waals surface area contributed by atoms with E-state index in [1.54, 1.807) is 20.2 Å². The van der Waals surface area contributed by atoms with Crippen molar-refractivity contribution in [1.82, 2.24) is 10.6 Å². The number of hydrogen-bond acceptors (Lipinski definition) is 4. The molecular formula is C22H31N3O3S. The summed E-state index contributed by atoms with van der Waals surface area (Å²) >= 11 is 0. The lowest BCUT2D eigenvalue weighted by atomic mass is 9.98. The Morgan fingerprint density at radius 2 is 1.83 bits per heavy atom. The average Bonchev–Trinajstić information content (AvgIpc) is 2.69. The van der Waals surface area contributed by atoms with Crippen LogP contribution in [0.2, 0.25) is 0 Å². The number of benzene rings is 2. The van der Waals surface area contributed by atoms with Gasteiger partial charge in [0.1, 0.15) is 5.75 Å².